The van der Waals surface area contributed by atoms with Crippen molar-refractivity contribution in [3.8, 4) is 0 Å². The van der Waals surface area contributed by atoms with Gasteiger partial charge in [0.2, 0.25) is 0 Å². The molecule has 0 bridgehead atoms. The average molecular weight is 234 g/mol. The highest BCUT2D eigenvalue weighted by Crippen LogP contribution is 2.09. The number of aryl methyl sites for hydroxylation is 1. The largest absolute Gasteiger partial charge is 0.327 e. The Morgan fingerprint density at radius 1 is 1.27 bits per heavy atom. The summed E-state index contributed by atoms with van der Waals surface area (Å²) in [6, 6.07) is 6.19. The van der Waals surface area contributed by atoms with Gasteiger partial charge in [-0.2, -0.15) is 0 Å². The van der Waals surface area contributed by atoms with Crippen LogP contribution in [0.4, 0.5) is 8.78 Å². The van der Waals surface area contributed by atoms with E-state index in [1.807, 2.05) is 0 Å². The van der Waals surface area contributed by atoms with Gasteiger partial charge in [-0.05, 0) is 36.1 Å². The zero-order valence-corrected chi connectivity index (χ0v) is 9.07. The summed E-state index contributed by atoms with van der Waals surface area (Å²) in [5.74, 6) is -0.256. The van der Waals surface area contributed by atoms with E-state index in [0.717, 1.165) is 5.56 Å². The summed E-state index contributed by atoms with van der Waals surface area (Å²) in [7, 11) is 0. The molecule has 1 aromatic rings. The standard InChI is InChI=1S/C11H13F2N.ClH/c12-7-10(8-14)2-1-9-3-5-11(13)6-4-9;/h3-7H,1-2,8,14H2;1H/b10-7+;. The predicted molar refractivity (Wildman–Crippen MR) is 60.2 cm³/mol. The van der Waals surface area contributed by atoms with Gasteiger partial charge in [0.1, 0.15) is 5.82 Å². The van der Waals surface area contributed by atoms with E-state index in [2.05, 4.69) is 0 Å². The minimum atomic E-state index is -0.256. The molecular weight excluding hydrogens is 220 g/mol. The van der Waals surface area contributed by atoms with Crippen LogP contribution in [0.2, 0.25) is 0 Å². The third-order valence-electron chi connectivity index (χ3n) is 2.06. The number of halogens is 3. The van der Waals surface area contributed by atoms with E-state index in [9.17, 15) is 8.78 Å². The molecule has 0 saturated heterocycles. The van der Waals surface area contributed by atoms with E-state index < -0.39 is 0 Å². The van der Waals surface area contributed by atoms with Crippen molar-refractivity contribution >= 4 is 12.4 Å². The summed E-state index contributed by atoms with van der Waals surface area (Å²) in [6.45, 7) is 0.234. The van der Waals surface area contributed by atoms with Gasteiger partial charge in [0.05, 0.1) is 6.33 Å². The first-order valence-electron chi connectivity index (χ1n) is 4.49. The average Bonchev–Trinajstić information content (AvgIpc) is 2.22. The molecule has 84 valence electrons. The Labute approximate surface area is 94.4 Å². The van der Waals surface area contributed by atoms with Crippen molar-refractivity contribution in [2.24, 2.45) is 5.73 Å². The Balaban J connectivity index is 0.00000196. The zero-order valence-electron chi connectivity index (χ0n) is 8.25. The summed E-state index contributed by atoms with van der Waals surface area (Å²) < 4.78 is 24.6. The molecule has 1 rings (SSSR count). The maximum atomic E-state index is 12.5. The molecule has 4 heteroatoms. The SMILES string of the molecule is Cl.NC/C(=C/F)CCc1ccc(F)cc1. The van der Waals surface area contributed by atoms with Crippen LogP contribution in [0.15, 0.2) is 36.2 Å². The van der Waals surface area contributed by atoms with Crippen molar-refractivity contribution in [1.82, 2.24) is 0 Å². The third kappa shape index (κ3) is 4.91. The van der Waals surface area contributed by atoms with Crippen molar-refractivity contribution in [2.45, 2.75) is 12.8 Å². The predicted octanol–water partition coefficient (Wildman–Crippen LogP) is 2.99. The molecule has 0 radical (unpaired) electrons. The lowest BCUT2D eigenvalue weighted by atomic mass is 10.1. The normalized spacial score (nSPS) is 11.0. The molecule has 1 aromatic carbocycles. The second-order valence-corrected chi connectivity index (χ2v) is 3.10. The van der Waals surface area contributed by atoms with Crippen LogP contribution in [-0.4, -0.2) is 6.54 Å². The number of rotatable bonds is 4. The molecule has 0 aliphatic heterocycles. The molecule has 0 aliphatic rings. The van der Waals surface area contributed by atoms with Gasteiger partial charge in [-0.15, -0.1) is 12.4 Å². The summed E-state index contributed by atoms with van der Waals surface area (Å²) in [5, 5.41) is 0. The van der Waals surface area contributed by atoms with Crippen LogP contribution in [0, 0.1) is 5.82 Å². The molecule has 0 amide bonds. The summed E-state index contributed by atoms with van der Waals surface area (Å²) in [6.07, 6.45) is 1.81. The van der Waals surface area contributed by atoms with Crippen LogP contribution in [0.3, 0.4) is 0 Å². The Bertz CT molecular complexity index is 309. The van der Waals surface area contributed by atoms with Crippen LogP contribution < -0.4 is 5.73 Å². The molecule has 15 heavy (non-hydrogen) atoms. The smallest absolute Gasteiger partial charge is 0.123 e. The van der Waals surface area contributed by atoms with Crippen molar-refractivity contribution in [1.29, 1.82) is 0 Å². The van der Waals surface area contributed by atoms with Gasteiger partial charge in [0.15, 0.2) is 0 Å². The highest BCUT2D eigenvalue weighted by Gasteiger charge is 1.97. The van der Waals surface area contributed by atoms with Gasteiger partial charge in [-0.1, -0.05) is 12.1 Å². The quantitative estimate of drug-likeness (QED) is 0.850. The molecule has 1 nitrogen and oxygen atoms in total. The van der Waals surface area contributed by atoms with Crippen molar-refractivity contribution < 1.29 is 8.78 Å². The highest BCUT2D eigenvalue weighted by atomic mass is 35.5. The van der Waals surface area contributed by atoms with Gasteiger partial charge < -0.3 is 5.73 Å². The van der Waals surface area contributed by atoms with Crippen molar-refractivity contribution in [2.75, 3.05) is 6.54 Å². The first-order chi connectivity index (χ1) is 6.76. The molecule has 0 aliphatic carbocycles. The first-order valence-corrected chi connectivity index (χ1v) is 4.49. The first kappa shape index (κ1) is 14.1. The van der Waals surface area contributed by atoms with Crippen LogP contribution in [-0.2, 0) is 6.42 Å². The molecule has 0 heterocycles. The maximum Gasteiger partial charge on any atom is 0.123 e. The second-order valence-electron chi connectivity index (χ2n) is 3.10. The molecule has 0 aromatic heterocycles. The van der Waals surface area contributed by atoms with Crippen LogP contribution in [0.5, 0.6) is 0 Å². The lowest BCUT2D eigenvalue weighted by Crippen LogP contribution is -2.03. The fourth-order valence-corrected chi connectivity index (χ4v) is 1.16. The molecule has 0 spiro atoms. The van der Waals surface area contributed by atoms with Crippen molar-refractivity contribution in [3.63, 3.8) is 0 Å². The Morgan fingerprint density at radius 3 is 2.33 bits per heavy atom. The molecule has 0 saturated carbocycles. The van der Waals surface area contributed by atoms with Gasteiger partial charge in [0, 0.05) is 6.54 Å². The van der Waals surface area contributed by atoms with Crippen molar-refractivity contribution in [3.05, 3.63) is 47.5 Å². The van der Waals surface area contributed by atoms with E-state index >= 15 is 0 Å². The monoisotopic (exact) mass is 233 g/mol. The molecular formula is C11H14ClF2N. The van der Waals surface area contributed by atoms with E-state index in [-0.39, 0.29) is 24.8 Å². The van der Waals surface area contributed by atoms with Crippen LogP contribution in [0.25, 0.3) is 0 Å². The zero-order chi connectivity index (χ0) is 10.4. The Morgan fingerprint density at radius 2 is 1.87 bits per heavy atom. The summed E-state index contributed by atoms with van der Waals surface area (Å²) in [5.41, 5.74) is 6.87. The maximum absolute atomic E-state index is 12.5. The minimum absolute atomic E-state index is 0. The fraction of sp³-hybridized carbons (Fsp3) is 0.273. The molecule has 0 unspecified atom stereocenters. The highest BCUT2D eigenvalue weighted by molar-refractivity contribution is 5.85. The minimum Gasteiger partial charge on any atom is -0.327 e. The topological polar surface area (TPSA) is 26.0 Å². The number of benzene rings is 1. The fourth-order valence-electron chi connectivity index (χ4n) is 1.16. The summed E-state index contributed by atoms with van der Waals surface area (Å²) >= 11 is 0. The van der Waals surface area contributed by atoms with Crippen LogP contribution in [0.1, 0.15) is 12.0 Å². The Kier molecular flexibility index (Phi) is 6.92. The van der Waals surface area contributed by atoms with E-state index in [1.54, 1.807) is 12.1 Å². The van der Waals surface area contributed by atoms with E-state index in [1.165, 1.54) is 12.1 Å². The van der Waals surface area contributed by atoms with E-state index in [0.29, 0.717) is 24.7 Å². The van der Waals surface area contributed by atoms with Gasteiger partial charge >= 0.3 is 0 Å². The molecule has 0 fully saturated rings. The number of hydrogen-bond acceptors (Lipinski definition) is 1. The lowest BCUT2D eigenvalue weighted by Gasteiger charge is -2.02. The number of nitrogens with two attached hydrogens (primary N) is 1. The van der Waals surface area contributed by atoms with Gasteiger partial charge in [0.25, 0.3) is 0 Å². The van der Waals surface area contributed by atoms with Crippen LogP contribution >= 0.6 is 12.4 Å². The van der Waals surface area contributed by atoms with Gasteiger partial charge in [-0.25, -0.2) is 8.78 Å². The Hall–Kier alpha value is -0.930. The molecule has 0 atom stereocenters. The third-order valence-corrected chi connectivity index (χ3v) is 2.06. The number of hydrogen-bond donors (Lipinski definition) is 1. The lowest BCUT2D eigenvalue weighted by molar-refractivity contribution is 0.626. The summed E-state index contributed by atoms with van der Waals surface area (Å²) in [4.78, 5) is 0. The molecule has 2 N–H and O–H groups in total. The van der Waals surface area contributed by atoms with Gasteiger partial charge in [-0.3, -0.25) is 0 Å². The second kappa shape index (κ2) is 7.37. The van der Waals surface area contributed by atoms with E-state index in [4.69, 9.17) is 5.73 Å².